The van der Waals surface area contributed by atoms with E-state index in [0.717, 1.165) is 5.56 Å². The van der Waals surface area contributed by atoms with Gasteiger partial charge in [0.2, 0.25) is 19.9 Å². The zero-order valence-electron chi connectivity index (χ0n) is 19.8. The number of carbonyl (C=O) groups excluding carboxylic acids is 1. The third-order valence-electron chi connectivity index (χ3n) is 6.33. The first-order chi connectivity index (χ1) is 15.8. The van der Waals surface area contributed by atoms with Crippen molar-refractivity contribution >= 4 is 33.7 Å². The molecule has 1 aliphatic carbocycles. The Morgan fingerprint density at radius 1 is 0.824 bits per heavy atom. The van der Waals surface area contributed by atoms with Crippen LogP contribution in [0.3, 0.4) is 0 Å². The van der Waals surface area contributed by atoms with Crippen molar-refractivity contribution in [3.05, 3.63) is 81.4 Å². The Kier molecular flexibility index (Phi) is 6.35. The quantitative estimate of drug-likeness (QED) is 0.555. The smallest absolute Gasteiger partial charge is 0.243 e. The molecule has 0 saturated heterocycles. The number of carbonyl (C=O) groups is 1. The van der Waals surface area contributed by atoms with Crippen LogP contribution in [-0.2, 0) is 24.7 Å². The van der Waals surface area contributed by atoms with E-state index < -0.39 is 27.9 Å². The summed E-state index contributed by atoms with van der Waals surface area (Å²) in [5.74, 6) is -0.0838. The van der Waals surface area contributed by atoms with E-state index in [2.05, 4.69) is 0 Å². The average molecular weight is 516 g/mol. The van der Waals surface area contributed by atoms with Gasteiger partial charge in [0.1, 0.15) is 0 Å². The predicted molar refractivity (Wildman–Crippen MR) is 135 cm³/mol. The first-order valence-corrected chi connectivity index (χ1v) is 17.6. The van der Waals surface area contributed by atoms with E-state index in [1.807, 2.05) is 26.6 Å². The second-order valence-electron chi connectivity index (χ2n) is 9.82. The van der Waals surface area contributed by atoms with Crippen LogP contribution >= 0.6 is 0 Å². The Labute approximate surface area is 203 Å². The Hall–Kier alpha value is -2.33. The lowest BCUT2D eigenvalue weighted by atomic mass is 10.1. The van der Waals surface area contributed by atoms with Gasteiger partial charge in [-0.05, 0) is 54.0 Å². The van der Waals surface area contributed by atoms with Crippen LogP contribution in [0.25, 0.3) is 0 Å². The molecule has 1 aliphatic heterocycles. The van der Waals surface area contributed by atoms with Gasteiger partial charge in [-0.3, -0.25) is 4.79 Å². The Bertz CT molecular complexity index is 1420. The molecule has 0 spiro atoms. The lowest BCUT2D eigenvalue weighted by Crippen LogP contribution is -2.35. The Morgan fingerprint density at radius 3 is 2.03 bits per heavy atom. The first-order valence-electron chi connectivity index (χ1n) is 11.2. The first kappa shape index (κ1) is 24.8. The minimum absolute atomic E-state index is 0.00466. The van der Waals surface area contributed by atoms with Crippen LogP contribution in [0.1, 0.15) is 18.4 Å². The highest BCUT2D eigenvalue weighted by atomic mass is 32.2. The number of benzene rings is 2. The molecular weight excluding hydrogens is 486 g/mol. The lowest BCUT2D eigenvalue weighted by molar-refractivity contribution is -0.114. The number of sulfonamides is 1. The van der Waals surface area contributed by atoms with Crippen LogP contribution in [0.15, 0.2) is 85.6 Å². The fourth-order valence-corrected chi connectivity index (χ4v) is 9.87. The van der Waals surface area contributed by atoms with Gasteiger partial charge in [-0.2, -0.15) is 4.31 Å². The van der Waals surface area contributed by atoms with Crippen LogP contribution < -0.4 is 0 Å². The lowest BCUT2D eigenvalue weighted by Gasteiger charge is -2.24. The van der Waals surface area contributed by atoms with Crippen molar-refractivity contribution in [1.29, 1.82) is 0 Å². The summed E-state index contributed by atoms with van der Waals surface area (Å²) < 4.78 is 55.8. The van der Waals surface area contributed by atoms with Gasteiger partial charge in [-0.15, -0.1) is 0 Å². The van der Waals surface area contributed by atoms with Crippen molar-refractivity contribution in [1.82, 2.24) is 4.31 Å². The molecule has 0 saturated carbocycles. The van der Waals surface area contributed by atoms with Gasteiger partial charge in [0.25, 0.3) is 0 Å². The molecule has 6 nitrogen and oxygen atoms in total. The van der Waals surface area contributed by atoms with Gasteiger partial charge in [-0.1, -0.05) is 55.5 Å². The average Bonchev–Trinajstić information content (AvgIpc) is 2.97. The standard InChI is InChI=1S/C25H29NO5S2Si/c1-18-10-12-20(13-11-18)33(30,31)26-15-14-24(32(28,29)19-8-6-5-7-9-19)21-16-23(27)25(22(21)17-26)34(2,3)4/h5-13H,14-17H2,1-4H3. The molecular formula is C25H29NO5S2Si. The maximum absolute atomic E-state index is 13.7. The van der Waals surface area contributed by atoms with Crippen LogP contribution in [-0.4, -0.2) is 48.1 Å². The van der Waals surface area contributed by atoms with Gasteiger partial charge >= 0.3 is 0 Å². The van der Waals surface area contributed by atoms with Crippen LogP contribution in [0.5, 0.6) is 0 Å². The van der Waals surface area contributed by atoms with Crippen molar-refractivity contribution < 1.29 is 21.6 Å². The van der Waals surface area contributed by atoms with E-state index in [4.69, 9.17) is 0 Å². The normalized spacial score (nSPS) is 18.3. The molecule has 2 aromatic carbocycles. The highest BCUT2D eigenvalue weighted by Crippen LogP contribution is 2.42. The number of fused-ring (bicyclic) bond motifs is 1. The molecule has 0 N–H and O–H groups in total. The largest absolute Gasteiger partial charge is 0.295 e. The van der Waals surface area contributed by atoms with E-state index in [1.165, 1.54) is 16.4 Å². The number of rotatable bonds is 5. The van der Waals surface area contributed by atoms with Gasteiger partial charge < -0.3 is 0 Å². The summed E-state index contributed by atoms with van der Waals surface area (Å²) in [7, 11) is -9.94. The summed E-state index contributed by atoms with van der Waals surface area (Å²) in [6.45, 7) is 8.01. The van der Waals surface area contributed by atoms with Gasteiger partial charge in [-0.25, -0.2) is 16.8 Å². The number of ketones is 1. The second-order valence-corrected chi connectivity index (χ2v) is 18.7. The molecule has 0 aromatic heterocycles. The maximum Gasteiger partial charge on any atom is 0.243 e. The number of sulfone groups is 1. The molecule has 34 heavy (non-hydrogen) atoms. The maximum atomic E-state index is 13.7. The van der Waals surface area contributed by atoms with Crippen LogP contribution in [0.4, 0.5) is 0 Å². The second kappa shape index (κ2) is 8.71. The highest BCUT2D eigenvalue weighted by Gasteiger charge is 2.42. The topological polar surface area (TPSA) is 88.6 Å². The number of aryl methyl sites for hydroxylation is 1. The van der Waals surface area contributed by atoms with Crippen molar-refractivity contribution in [3.63, 3.8) is 0 Å². The summed E-state index contributed by atoms with van der Waals surface area (Å²) in [6, 6.07) is 14.8. The molecule has 2 aliphatic rings. The summed E-state index contributed by atoms with van der Waals surface area (Å²) in [6.07, 6.45) is 0.0299. The molecule has 4 rings (SSSR count). The molecule has 2 aromatic rings. The zero-order chi connectivity index (χ0) is 24.9. The summed E-state index contributed by atoms with van der Waals surface area (Å²) in [4.78, 5) is 13.6. The molecule has 0 radical (unpaired) electrons. The summed E-state index contributed by atoms with van der Waals surface area (Å²) in [5, 5.41) is 0.647. The van der Waals surface area contributed by atoms with Crippen LogP contribution in [0, 0.1) is 6.92 Å². The zero-order valence-corrected chi connectivity index (χ0v) is 22.5. The van der Waals surface area contributed by atoms with Gasteiger partial charge in [0.15, 0.2) is 5.78 Å². The van der Waals surface area contributed by atoms with Crippen molar-refractivity contribution in [2.24, 2.45) is 0 Å². The fraction of sp³-hybridized carbons (Fsp3) is 0.320. The van der Waals surface area contributed by atoms with Crippen molar-refractivity contribution in [2.75, 3.05) is 13.1 Å². The van der Waals surface area contributed by atoms with Gasteiger partial charge in [0.05, 0.1) is 22.8 Å². The summed E-state index contributed by atoms with van der Waals surface area (Å²) in [5.41, 5.74) is 2.03. The predicted octanol–water partition coefficient (Wildman–Crippen LogP) is 4.26. The molecule has 9 heteroatoms. The van der Waals surface area contributed by atoms with Crippen molar-refractivity contribution in [2.45, 2.75) is 49.2 Å². The van der Waals surface area contributed by atoms with E-state index in [1.54, 1.807) is 42.5 Å². The third kappa shape index (κ3) is 4.37. The molecule has 1 heterocycles. The van der Waals surface area contributed by atoms with E-state index in [0.29, 0.717) is 16.3 Å². The molecule has 0 atom stereocenters. The molecule has 0 bridgehead atoms. The van der Waals surface area contributed by atoms with E-state index in [-0.39, 0.29) is 46.4 Å². The van der Waals surface area contributed by atoms with E-state index in [9.17, 15) is 21.6 Å². The minimum atomic E-state index is -3.88. The van der Waals surface area contributed by atoms with E-state index >= 15 is 0 Å². The highest BCUT2D eigenvalue weighted by molar-refractivity contribution is 7.95. The fourth-order valence-electron chi connectivity index (χ4n) is 4.72. The number of nitrogens with zero attached hydrogens (tertiary/aromatic N) is 1. The Morgan fingerprint density at radius 2 is 1.44 bits per heavy atom. The van der Waals surface area contributed by atoms with Crippen LogP contribution in [0.2, 0.25) is 19.6 Å². The molecule has 0 fully saturated rings. The minimum Gasteiger partial charge on any atom is -0.295 e. The monoisotopic (exact) mass is 515 g/mol. The SMILES string of the molecule is Cc1ccc(S(=O)(=O)N2CCC(S(=O)(=O)c3ccccc3)=C3CC(=O)C([Si](C)(C)C)=C3C2)cc1. The number of hydrogen-bond donors (Lipinski definition) is 0. The number of Topliss-reactive ketones (excluding diaryl/α,β-unsaturated/α-hetero) is 1. The third-order valence-corrected chi connectivity index (χ3v) is 12.3. The summed E-state index contributed by atoms with van der Waals surface area (Å²) >= 11 is 0. The Balaban J connectivity index is 1.90. The van der Waals surface area contributed by atoms with Gasteiger partial charge in [0, 0.05) is 19.5 Å². The number of hydrogen-bond acceptors (Lipinski definition) is 5. The molecule has 0 unspecified atom stereocenters. The number of allylic oxidation sites excluding steroid dienone is 1. The molecule has 180 valence electrons. The van der Waals surface area contributed by atoms with Crippen molar-refractivity contribution in [3.8, 4) is 0 Å². The molecule has 0 amide bonds.